The molecule has 0 radical (unpaired) electrons. The molecule has 2 heterocycles. The van der Waals surface area contributed by atoms with Crippen LogP contribution < -0.4 is 10.2 Å². The second kappa shape index (κ2) is 23.2. The van der Waals surface area contributed by atoms with E-state index in [0.717, 1.165) is 45.0 Å². The molecule has 65 heavy (non-hydrogen) atoms. The summed E-state index contributed by atoms with van der Waals surface area (Å²) in [4.78, 5) is 58.4. The number of hydrogen-bond acceptors (Lipinski definition) is 14. The van der Waals surface area contributed by atoms with Gasteiger partial charge in [0.25, 0.3) is 22.7 Å². The van der Waals surface area contributed by atoms with Gasteiger partial charge in [-0.3, -0.25) is 50.7 Å². The van der Waals surface area contributed by atoms with Gasteiger partial charge in [0.2, 0.25) is 0 Å². The van der Waals surface area contributed by atoms with Gasteiger partial charge in [-0.05, 0) is 23.3 Å². The second-order valence-electron chi connectivity index (χ2n) is 12.9. The Kier molecular flexibility index (Phi) is 17.3. The fourth-order valence-corrected chi connectivity index (χ4v) is 5.54. The van der Waals surface area contributed by atoms with Crippen molar-refractivity contribution in [3.63, 3.8) is 0 Å². The first-order valence-corrected chi connectivity index (χ1v) is 18.3. The Labute approximate surface area is 379 Å². The number of carboxylic acids is 2. The number of carboxylic acid groups (broad SMARTS) is 2. The summed E-state index contributed by atoms with van der Waals surface area (Å²) in [5, 5.41) is 76.9. The monoisotopic (exact) mass is 926 g/mol. The van der Waals surface area contributed by atoms with Gasteiger partial charge in [0.1, 0.15) is 0 Å². The molecule has 0 unspecified atom stereocenters. The molecular formula is C44H30N8O12Zn. The van der Waals surface area contributed by atoms with Crippen molar-refractivity contribution in [3.05, 3.63) is 221 Å². The Bertz CT molecular complexity index is 2450. The zero-order valence-electron chi connectivity index (χ0n) is 33.5. The van der Waals surface area contributed by atoms with E-state index < -0.39 is 65.5 Å². The Morgan fingerprint density at radius 1 is 0.385 bits per heavy atom. The molecule has 320 valence electrons. The second-order valence-corrected chi connectivity index (χ2v) is 12.9. The van der Waals surface area contributed by atoms with Crippen LogP contribution in [0, 0.1) is 40.5 Å². The van der Waals surface area contributed by atoms with Crippen LogP contribution in [-0.2, 0) is 19.5 Å². The third kappa shape index (κ3) is 14.0. The number of nitro groups is 4. The maximum absolute atomic E-state index is 10.4. The molecule has 0 saturated carbocycles. The molecule has 0 atom stereocenters. The van der Waals surface area contributed by atoms with Crippen LogP contribution >= 0.6 is 0 Å². The summed E-state index contributed by atoms with van der Waals surface area (Å²) in [6.45, 7) is 0. The van der Waals surface area contributed by atoms with E-state index in [4.69, 9.17) is 0 Å². The smallest absolute Gasteiger partial charge is 0.545 e. The molecule has 0 fully saturated rings. The van der Waals surface area contributed by atoms with Crippen molar-refractivity contribution in [3.8, 4) is 45.0 Å². The summed E-state index contributed by atoms with van der Waals surface area (Å²) in [5.41, 5.74) is 4.76. The van der Waals surface area contributed by atoms with E-state index in [9.17, 15) is 60.3 Å². The standard InChI is InChI=1S/2C15H12N2.2C7H4N2O6.Zn/c2*1-3-7-12(8-4-1)14-11-15(17-16-14)13-9-5-2-6-10-13;2*10-7(11)4-1-5(8(12)13)3-6(2-4)9(14)15;/h2*1-11H,(H,16,17);2*1-3H,(H,10,11);/q;;;;+2/p-2. The van der Waals surface area contributed by atoms with E-state index in [1.165, 1.54) is 0 Å². The van der Waals surface area contributed by atoms with E-state index in [1.54, 1.807) is 0 Å². The topological polar surface area (TPSA) is 310 Å². The number of rotatable bonds is 10. The number of carbonyl (C=O) groups is 2. The average Bonchev–Trinajstić information content (AvgIpc) is 4.03. The summed E-state index contributed by atoms with van der Waals surface area (Å²) in [6, 6.07) is 49.0. The maximum Gasteiger partial charge on any atom is 2.00 e. The SMILES string of the molecule is O=C([O-])c1cc([N+](=O)[O-])cc([N+](=O)[O-])c1.O=C([O-])c1cc([N+](=O)[O-])cc([N+](=O)[O-])c1.[Zn+2].c1ccc(-c2cc(-c3ccccc3)[nH]n2)cc1.c1ccc(-c2cc(-c3ccccc3)[nH]n2)cc1. The fourth-order valence-electron chi connectivity index (χ4n) is 5.54. The zero-order chi connectivity index (χ0) is 46.2. The van der Waals surface area contributed by atoms with Gasteiger partial charge in [0.05, 0.1) is 66.5 Å². The summed E-state index contributed by atoms with van der Waals surface area (Å²) < 4.78 is 0. The molecule has 0 bridgehead atoms. The van der Waals surface area contributed by atoms with Crippen molar-refractivity contribution in [1.82, 2.24) is 20.4 Å². The van der Waals surface area contributed by atoms with Crippen LogP contribution in [0.2, 0.25) is 0 Å². The molecule has 0 aliphatic rings. The van der Waals surface area contributed by atoms with Gasteiger partial charge < -0.3 is 19.8 Å². The number of aromatic carboxylic acids is 2. The van der Waals surface area contributed by atoms with Gasteiger partial charge in [0.15, 0.2) is 0 Å². The quantitative estimate of drug-likeness (QED) is 0.0777. The molecule has 2 N–H and O–H groups in total. The minimum Gasteiger partial charge on any atom is -0.545 e. The maximum atomic E-state index is 10.4. The third-order valence-corrected chi connectivity index (χ3v) is 8.58. The molecule has 0 saturated heterocycles. The molecule has 20 nitrogen and oxygen atoms in total. The van der Waals surface area contributed by atoms with Gasteiger partial charge in [-0.25, -0.2) is 0 Å². The fraction of sp³-hybridized carbons (Fsp3) is 0. The van der Waals surface area contributed by atoms with Crippen molar-refractivity contribution >= 4 is 34.7 Å². The summed E-state index contributed by atoms with van der Waals surface area (Å²) in [6.07, 6.45) is 0. The normalized spacial score (nSPS) is 9.85. The first-order chi connectivity index (χ1) is 30.7. The van der Waals surface area contributed by atoms with Crippen LogP contribution in [0.4, 0.5) is 22.7 Å². The number of nitro benzene ring substituents is 4. The van der Waals surface area contributed by atoms with E-state index in [0.29, 0.717) is 36.4 Å². The molecule has 0 aliphatic carbocycles. The van der Waals surface area contributed by atoms with Gasteiger partial charge in [-0.1, -0.05) is 121 Å². The first-order valence-electron chi connectivity index (χ1n) is 18.3. The van der Waals surface area contributed by atoms with Crippen LogP contribution in [0.25, 0.3) is 45.0 Å². The van der Waals surface area contributed by atoms with Gasteiger partial charge in [0, 0.05) is 46.5 Å². The van der Waals surface area contributed by atoms with Crippen molar-refractivity contribution < 1.29 is 59.0 Å². The number of aromatic amines is 2. The summed E-state index contributed by atoms with van der Waals surface area (Å²) in [5.74, 6) is -3.41. The average molecular weight is 928 g/mol. The predicted molar refractivity (Wildman–Crippen MR) is 227 cm³/mol. The number of non-ortho nitro benzene ring substituents is 4. The molecule has 0 spiro atoms. The Morgan fingerprint density at radius 2 is 0.631 bits per heavy atom. The molecule has 21 heteroatoms. The number of nitrogens with zero attached hydrogens (tertiary/aromatic N) is 6. The van der Waals surface area contributed by atoms with Gasteiger partial charge in [-0.2, -0.15) is 10.2 Å². The molecule has 2 aromatic heterocycles. The van der Waals surface area contributed by atoms with Crippen molar-refractivity contribution in [1.29, 1.82) is 0 Å². The molecule has 0 aliphatic heterocycles. The van der Waals surface area contributed by atoms with Crippen LogP contribution in [0.15, 0.2) is 170 Å². The molecule has 8 rings (SSSR count). The number of hydrogen-bond donors (Lipinski definition) is 2. The van der Waals surface area contributed by atoms with E-state index in [-0.39, 0.29) is 19.5 Å². The predicted octanol–water partition coefficient (Wildman–Crippen LogP) is 7.22. The van der Waals surface area contributed by atoms with Crippen molar-refractivity contribution in [2.45, 2.75) is 0 Å². The van der Waals surface area contributed by atoms with Crippen molar-refractivity contribution in [2.75, 3.05) is 0 Å². The third-order valence-electron chi connectivity index (χ3n) is 8.58. The number of aromatic nitrogens is 4. The molecule has 8 aromatic rings. The van der Waals surface area contributed by atoms with Gasteiger partial charge in [-0.15, -0.1) is 0 Å². The minimum atomic E-state index is -1.71. The van der Waals surface area contributed by atoms with E-state index in [2.05, 4.69) is 81.1 Å². The summed E-state index contributed by atoms with van der Waals surface area (Å²) in [7, 11) is 0. The van der Waals surface area contributed by atoms with E-state index in [1.807, 2.05) is 72.8 Å². The van der Waals surface area contributed by atoms with Crippen LogP contribution in [0.5, 0.6) is 0 Å². The molecular weight excluding hydrogens is 898 g/mol. The van der Waals surface area contributed by atoms with Crippen LogP contribution in [0.1, 0.15) is 20.7 Å². The van der Waals surface area contributed by atoms with Crippen LogP contribution in [0.3, 0.4) is 0 Å². The Balaban J connectivity index is 0.000000189. The number of carbonyl (C=O) groups excluding carboxylic acids is 2. The molecule has 0 amide bonds. The molecule has 6 aromatic carbocycles. The van der Waals surface area contributed by atoms with E-state index >= 15 is 0 Å². The number of nitrogens with one attached hydrogen (secondary N) is 2. The number of H-pyrrole nitrogens is 2. The minimum absolute atomic E-state index is 0. The van der Waals surface area contributed by atoms with Crippen molar-refractivity contribution in [2.24, 2.45) is 0 Å². The zero-order valence-corrected chi connectivity index (χ0v) is 36.4. The van der Waals surface area contributed by atoms with Gasteiger partial charge >= 0.3 is 19.5 Å². The Morgan fingerprint density at radius 3 is 0.862 bits per heavy atom. The summed E-state index contributed by atoms with van der Waals surface area (Å²) >= 11 is 0. The first kappa shape index (κ1) is 48.6. The largest absolute Gasteiger partial charge is 2.00 e. The van der Waals surface area contributed by atoms with Crippen LogP contribution in [-0.4, -0.2) is 52.0 Å². The Hall–Kier alpha value is -9.10. The number of benzene rings is 6.